The van der Waals surface area contributed by atoms with Crippen LogP contribution in [-0.4, -0.2) is 25.7 Å². The Balaban J connectivity index is 2.06. The molecule has 0 N–H and O–H groups in total. The van der Waals surface area contributed by atoms with Gasteiger partial charge in [0.2, 0.25) is 0 Å². The zero-order valence-corrected chi connectivity index (χ0v) is 11.7. The highest BCUT2D eigenvalue weighted by atomic mass is 79.9. The number of methoxy groups -OCH3 is 1. The monoisotopic (exact) mass is 311 g/mol. The van der Waals surface area contributed by atoms with Gasteiger partial charge in [0.05, 0.1) is 17.3 Å². The minimum absolute atomic E-state index is 0.0385. The van der Waals surface area contributed by atoms with Gasteiger partial charge in [-0.25, -0.2) is 0 Å². The zero-order valence-electron chi connectivity index (χ0n) is 10.1. The van der Waals surface area contributed by atoms with Crippen LogP contribution in [0.25, 0.3) is 0 Å². The number of ether oxygens (including phenoxy) is 2. The predicted molar refractivity (Wildman–Crippen MR) is 71.3 cm³/mol. The Morgan fingerprint density at radius 3 is 2.83 bits per heavy atom. The molecule has 1 saturated carbocycles. The van der Waals surface area contributed by atoms with E-state index >= 15 is 0 Å². The topological polar surface area (TPSA) is 38.8 Å². The Morgan fingerprint density at radius 1 is 1.44 bits per heavy atom. The lowest BCUT2D eigenvalue weighted by atomic mass is 9.90. The Labute approximate surface area is 114 Å². The average Bonchev–Trinajstić information content (AvgIpc) is 2.30. The molecule has 0 radical (unpaired) electrons. The molecule has 0 bridgehead atoms. The summed E-state index contributed by atoms with van der Waals surface area (Å²) in [6.07, 6.45) is 3.34. The third-order valence-corrected chi connectivity index (χ3v) is 4.17. The van der Waals surface area contributed by atoms with Gasteiger partial charge in [0, 0.05) is 18.2 Å². The van der Waals surface area contributed by atoms with E-state index in [0.29, 0.717) is 6.04 Å². The van der Waals surface area contributed by atoms with Crippen molar-refractivity contribution in [1.82, 2.24) is 0 Å². The number of fused-ring (bicyclic) bond motifs is 1. The van der Waals surface area contributed by atoms with E-state index in [2.05, 4.69) is 15.9 Å². The Morgan fingerprint density at radius 2 is 2.22 bits per heavy atom. The lowest BCUT2D eigenvalue weighted by molar-refractivity contribution is -0.122. The molecule has 2 aliphatic rings. The summed E-state index contributed by atoms with van der Waals surface area (Å²) in [6, 6.07) is 4.06. The van der Waals surface area contributed by atoms with Gasteiger partial charge in [-0.2, -0.15) is 0 Å². The summed E-state index contributed by atoms with van der Waals surface area (Å²) in [5.41, 5.74) is 0.830. The number of hydrogen-bond donors (Lipinski definition) is 0. The molecule has 0 atom stereocenters. The van der Waals surface area contributed by atoms with Crippen molar-refractivity contribution in [3.05, 3.63) is 16.6 Å². The van der Waals surface area contributed by atoms with Crippen molar-refractivity contribution in [2.24, 2.45) is 0 Å². The highest BCUT2D eigenvalue weighted by molar-refractivity contribution is 9.10. The summed E-state index contributed by atoms with van der Waals surface area (Å²) in [6.45, 7) is 0.127. The second-order valence-electron chi connectivity index (χ2n) is 4.59. The Bertz CT molecular complexity index is 499. The van der Waals surface area contributed by atoms with Crippen LogP contribution < -0.4 is 14.4 Å². The van der Waals surface area contributed by atoms with Gasteiger partial charge in [-0.05, 0) is 35.2 Å². The molecule has 1 fully saturated rings. The van der Waals surface area contributed by atoms with E-state index < -0.39 is 0 Å². The maximum absolute atomic E-state index is 12.0. The third kappa shape index (κ3) is 1.77. The first kappa shape index (κ1) is 11.8. The standard InChI is InChI=1S/C13H14BrNO3/c1-17-11-6-10-12(5-9(11)14)18-7-13(16)15(10)8-3-2-4-8/h5-6,8H,2-4,7H2,1H3. The third-order valence-electron chi connectivity index (χ3n) is 3.55. The SMILES string of the molecule is COc1cc2c(cc1Br)OCC(=O)N2C1CCC1. The normalized spacial score (nSPS) is 19.0. The fraction of sp³-hybridized carbons (Fsp3) is 0.462. The number of amides is 1. The Kier molecular flexibility index (Phi) is 2.93. The largest absolute Gasteiger partial charge is 0.495 e. The molecule has 1 aromatic carbocycles. The lowest BCUT2D eigenvalue weighted by Gasteiger charge is -2.40. The van der Waals surface area contributed by atoms with Crippen molar-refractivity contribution >= 4 is 27.5 Å². The fourth-order valence-corrected chi connectivity index (χ4v) is 2.86. The van der Waals surface area contributed by atoms with Crippen molar-refractivity contribution in [2.75, 3.05) is 18.6 Å². The van der Waals surface area contributed by atoms with Crippen molar-refractivity contribution in [3.8, 4) is 11.5 Å². The molecule has 4 nitrogen and oxygen atoms in total. The smallest absolute Gasteiger partial charge is 0.265 e. The van der Waals surface area contributed by atoms with Crippen molar-refractivity contribution in [2.45, 2.75) is 25.3 Å². The lowest BCUT2D eigenvalue weighted by Crippen LogP contribution is -2.48. The van der Waals surface area contributed by atoms with E-state index in [1.807, 2.05) is 17.0 Å². The van der Waals surface area contributed by atoms with Crippen LogP contribution in [0.4, 0.5) is 5.69 Å². The van der Waals surface area contributed by atoms with Crippen molar-refractivity contribution in [3.63, 3.8) is 0 Å². The summed E-state index contributed by atoms with van der Waals surface area (Å²) in [5, 5.41) is 0. The number of anilines is 1. The average molecular weight is 312 g/mol. The van der Waals surface area contributed by atoms with Crippen molar-refractivity contribution < 1.29 is 14.3 Å². The summed E-state index contributed by atoms with van der Waals surface area (Å²) in [7, 11) is 1.62. The number of hydrogen-bond acceptors (Lipinski definition) is 3. The highest BCUT2D eigenvalue weighted by Crippen LogP contribution is 2.43. The first-order chi connectivity index (χ1) is 8.70. The zero-order chi connectivity index (χ0) is 12.7. The van der Waals surface area contributed by atoms with Gasteiger partial charge in [-0.3, -0.25) is 4.79 Å². The second kappa shape index (κ2) is 4.46. The maximum atomic E-state index is 12.0. The summed E-state index contributed by atoms with van der Waals surface area (Å²) < 4.78 is 11.6. The van der Waals surface area contributed by atoms with Gasteiger partial charge in [0.15, 0.2) is 6.61 Å². The van der Waals surface area contributed by atoms with E-state index in [0.717, 1.165) is 34.5 Å². The van der Waals surface area contributed by atoms with Gasteiger partial charge < -0.3 is 14.4 Å². The summed E-state index contributed by atoms with van der Waals surface area (Å²) >= 11 is 3.43. The van der Waals surface area contributed by atoms with Crippen molar-refractivity contribution in [1.29, 1.82) is 0 Å². The van der Waals surface area contributed by atoms with Crippen LogP contribution in [0.1, 0.15) is 19.3 Å². The maximum Gasteiger partial charge on any atom is 0.265 e. The molecule has 1 heterocycles. The molecule has 3 rings (SSSR count). The molecule has 0 unspecified atom stereocenters. The molecule has 0 saturated heterocycles. The van der Waals surface area contributed by atoms with Crippen LogP contribution in [-0.2, 0) is 4.79 Å². The first-order valence-electron chi connectivity index (χ1n) is 6.03. The van der Waals surface area contributed by atoms with Crippen LogP contribution in [0.5, 0.6) is 11.5 Å². The summed E-state index contributed by atoms with van der Waals surface area (Å²) in [5.74, 6) is 1.50. The molecule has 0 spiro atoms. The van der Waals surface area contributed by atoms with Crippen LogP contribution in [0, 0.1) is 0 Å². The molecule has 1 aliphatic heterocycles. The fourth-order valence-electron chi connectivity index (χ4n) is 2.37. The van der Waals surface area contributed by atoms with Gasteiger partial charge in [-0.1, -0.05) is 0 Å². The van der Waals surface area contributed by atoms with Crippen LogP contribution >= 0.6 is 15.9 Å². The Hall–Kier alpha value is -1.23. The number of carbonyl (C=O) groups is 1. The number of rotatable bonds is 2. The quantitative estimate of drug-likeness (QED) is 0.843. The molecular weight excluding hydrogens is 298 g/mol. The van der Waals surface area contributed by atoms with Crippen LogP contribution in [0.3, 0.4) is 0 Å². The van der Waals surface area contributed by atoms with E-state index in [4.69, 9.17) is 9.47 Å². The second-order valence-corrected chi connectivity index (χ2v) is 5.45. The molecule has 96 valence electrons. The molecule has 1 aliphatic carbocycles. The minimum Gasteiger partial charge on any atom is -0.495 e. The highest BCUT2D eigenvalue weighted by Gasteiger charge is 2.35. The van der Waals surface area contributed by atoms with E-state index in [1.165, 1.54) is 6.42 Å². The first-order valence-corrected chi connectivity index (χ1v) is 6.82. The molecule has 5 heteroatoms. The minimum atomic E-state index is 0.0385. The molecule has 18 heavy (non-hydrogen) atoms. The van der Waals surface area contributed by atoms with Crippen LogP contribution in [0.15, 0.2) is 16.6 Å². The summed E-state index contributed by atoms with van der Waals surface area (Å²) in [4.78, 5) is 13.9. The molecular formula is C13H14BrNO3. The van der Waals surface area contributed by atoms with Gasteiger partial charge in [0.1, 0.15) is 11.5 Å². The number of halogens is 1. The predicted octanol–water partition coefficient (Wildman–Crippen LogP) is 2.74. The van der Waals surface area contributed by atoms with E-state index in [1.54, 1.807) is 7.11 Å². The van der Waals surface area contributed by atoms with Gasteiger partial charge in [-0.15, -0.1) is 0 Å². The molecule has 1 amide bonds. The number of carbonyl (C=O) groups excluding carboxylic acids is 1. The number of nitrogens with zero attached hydrogens (tertiary/aromatic N) is 1. The van der Waals surface area contributed by atoms with Gasteiger partial charge in [0.25, 0.3) is 5.91 Å². The van der Waals surface area contributed by atoms with Crippen LogP contribution in [0.2, 0.25) is 0 Å². The van der Waals surface area contributed by atoms with E-state index in [-0.39, 0.29) is 12.5 Å². The molecule has 0 aromatic heterocycles. The van der Waals surface area contributed by atoms with Gasteiger partial charge >= 0.3 is 0 Å². The van der Waals surface area contributed by atoms with E-state index in [9.17, 15) is 4.79 Å². The number of benzene rings is 1. The molecule has 1 aromatic rings.